The molecule has 5 heteroatoms. The molecule has 0 aromatic heterocycles. The minimum Gasteiger partial charge on any atom is -0.495 e. The molecule has 0 heterocycles. The highest BCUT2D eigenvalue weighted by atomic mass is 16.6. The fraction of sp³-hybridized carbons (Fsp3) is 0.600. The van der Waals surface area contributed by atoms with Gasteiger partial charge in [0.15, 0.2) is 0 Å². The van der Waals surface area contributed by atoms with Crippen molar-refractivity contribution in [1.29, 1.82) is 0 Å². The van der Waals surface area contributed by atoms with Gasteiger partial charge in [0.25, 0.3) is 5.69 Å². The Bertz CT molecular complexity index is 435. The SMILES string of the molecule is CCCCCCC(C)Nc1cc([N+](=O)[O-])ccc1OC. The Kier molecular flexibility index (Phi) is 6.84. The Morgan fingerprint density at radius 2 is 2.10 bits per heavy atom. The topological polar surface area (TPSA) is 64.4 Å². The number of non-ortho nitro benzene ring substituents is 1. The second kappa shape index (κ2) is 8.40. The van der Waals surface area contributed by atoms with Gasteiger partial charge in [0.05, 0.1) is 17.7 Å². The predicted molar refractivity (Wildman–Crippen MR) is 81.5 cm³/mol. The average molecular weight is 280 g/mol. The van der Waals surface area contributed by atoms with E-state index in [1.165, 1.54) is 37.8 Å². The summed E-state index contributed by atoms with van der Waals surface area (Å²) >= 11 is 0. The molecule has 0 saturated heterocycles. The normalized spacial score (nSPS) is 11.9. The minimum atomic E-state index is -0.392. The van der Waals surface area contributed by atoms with Gasteiger partial charge in [0, 0.05) is 18.2 Å². The van der Waals surface area contributed by atoms with Gasteiger partial charge < -0.3 is 10.1 Å². The van der Waals surface area contributed by atoms with Crippen molar-refractivity contribution < 1.29 is 9.66 Å². The molecule has 112 valence electrons. The third-order valence-corrected chi connectivity index (χ3v) is 3.29. The maximum absolute atomic E-state index is 10.8. The second-order valence-electron chi connectivity index (χ2n) is 5.04. The number of nitrogens with zero attached hydrogens (tertiary/aromatic N) is 1. The maximum atomic E-state index is 10.8. The van der Waals surface area contributed by atoms with E-state index in [1.807, 2.05) is 0 Å². The van der Waals surface area contributed by atoms with Crippen LogP contribution in [-0.2, 0) is 0 Å². The highest BCUT2D eigenvalue weighted by molar-refractivity contribution is 5.61. The molecule has 0 aliphatic heterocycles. The molecule has 0 amide bonds. The molecule has 0 fully saturated rings. The smallest absolute Gasteiger partial charge is 0.271 e. The first-order valence-corrected chi connectivity index (χ1v) is 7.17. The van der Waals surface area contributed by atoms with Crippen molar-refractivity contribution in [2.45, 2.75) is 52.0 Å². The lowest BCUT2D eigenvalue weighted by Gasteiger charge is -2.17. The van der Waals surface area contributed by atoms with Crippen LogP contribution in [0.1, 0.15) is 46.0 Å². The lowest BCUT2D eigenvalue weighted by atomic mass is 10.1. The molecule has 1 unspecified atom stereocenters. The number of hydrogen-bond donors (Lipinski definition) is 1. The molecule has 1 atom stereocenters. The van der Waals surface area contributed by atoms with Gasteiger partial charge in [-0.2, -0.15) is 0 Å². The summed E-state index contributed by atoms with van der Waals surface area (Å²) in [5, 5.41) is 14.1. The zero-order valence-corrected chi connectivity index (χ0v) is 12.5. The summed E-state index contributed by atoms with van der Waals surface area (Å²) in [5.41, 5.74) is 0.760. The van der Waals surface area contributed by atoms with E-state index in [4.69, 9.17) is 4.74 Å². The number of unbranched alkanes of at least 4 members (excludes halogenated alkanes) is 3. The quantitative estimate of drug-likeness (QED) is 0.414. The molecule has 0 radical (unpaired) electrons. The fourth-order valence-electron chi connectivity index (χ4n) is 2.14. The van der Waals surface area contributed by atoms with Gasteiger partial charge in [-0.15, -0.1) is 0 Å². The number of nitro groups is 1. The Labute approximate surface area is 120 Å². The standard InChI is InChI=1S/C15H24N2O3/c1-4-5-6-7-8-12(2)16-14-11-13(17(18)19)9-10-15(14)20-3/h9-12,16H,4-8H2,1-3H3. The predicted octanol–water partition coefficient (Wildman–Crippen LogP) is 4.37. The average Bonchev–Trinajstić information content (AvgIpc) is 2.43. The van der Waals surface area contributed by atoms with Crippen molar-refractivity contribution in [3.8, 4) is 5.75 Å². The van der Waals surface area contributed by atoms with Gasteiger partial charge in [-0.3, -0.25) is 10.1 Å². The van der Waals surface area contributed by atoms with E-state index in [9.17, 15) is 10.1 Å². The van der Waals surface area contributed by atoms with Crippen molar-refractivity contribution in [3.05, 3.63) is 28.3 Å². The zero-order chi connectivity index (χ0) is 15.0. The summed E-state index contributed by atoms with van der Waals surface area (Å²) in [7, 11) is 1.57. The molecule has 1 rings (SSSR count). The van der Waals surface area contributed by atoms with Crippen LogP contribution < -0.4 is 10.1 Å². The van der Waals surface area contributed by atoms with E-state index in [-0.39, 0.29) is 11.7 Å². The molecule has 0 spiro atoms. The number of nitro benzene ring substituents is 1. The summed E-state index contributed by atoms with van der Waals surface area (Å²) in [4.78, 5) is 10.4. The molecule has 1 N–H and O–H groups in total. The van der Waals surface area contributed by atoms with Crippen molar-refractivity contribution in [2.24, 2.45) is 0 Å². The number of ether oxygens (including phenoxy) is 1. The molecule has 0 aliphatic carbocycles. The van der Waals surface area contributed by atoms with Crippen LogP contribution in [0.4, 0.5) is 11.4 Å². The van der Waals surface area contributed by atoms with Crippen molar-refractivity contribution in [1.82, 2.24) is 0 Å². The van der Waals surface area contributed by atoms with Gasteiger partial charge in [0.2, 0.25) is 0 Å². The largest absolute Gasteiger partial charge is 0.495 e. The molecule has 0 aliphatic rings. The molecular weight excluding hydrogens is 256 g/mol. The van der Waals surface area contributed by atoms with Gasteiger partial charge in [-0.05, 0) is 19.4 Å². The Morgan fingerprint density at radius 1 is 1.35 bits per heavy atom. The Hall–Kier alpha value is -1.78. The van der Waals surface area contributed by atoms with Crippen LogP contribution in [0, 0.1) is 10.1 Å². The van der Waals surface area contributed by atoms with Crippen LogP contribution >= 0.6 is 0 Å². The lowest BCUT2D eigenvalue weighted by Crippen LogP contribution is -2.15. The monoisotopic (exact) mass is 280 g/mol. The first kappa shape index (κ1) is 16.3. The number of hydrogen-bond acceptors (Lipinski definition) is 4. The zero-order valence-electron chi connectivity index (χ0n) is 12.5. The third kappa shape index (κ3) is 5.07. The van der Waals surface area contributed by atoms with Crippen molar-refractivity contribution in [3.63, 3.8) is 0 Å². The lowest BCUT2D eigenvalue weighted by molar-refractivity contribution is -0.384. The number of benzene rings is 1. The first-order valence-electron chi connectivity index (χ1n) is 7.17. The number of nitrogens with one attached hydrogen (secondary N) is 1. The number of rotatable bonds is 9. The maximum Gasteiger partial charge on any atom is 0.271 e. The van der Waals surface area contributed by atoms with Crippen LogP contribution in [0.15, 0.2) is 18.2 Å². The van der Waals surface area contributed by atoms with E-state index in [1.54, 1.807) is 13.2 Å². The van der Waals surface area contributed by atoms with Crippen LogP contribution in [0.5, 0.6) is 5.75 Å². The van der Waals surface area contributed by atoms with E-state index in [0.717, 1.165) is 6.42 Å². The first-order chi connectivity index (χ1) is 9.58. The molecule has 20 heavy (non-hydrogen) atoms. The van der Waals surface area contributed by atoms with Crippen LogP contribution in [0.25, 0.3) is 0 Å². The number of methoxy groups -OCH3 is 1. The van der Waals surface area contributed by atoms with Crippen molar-refractivity contribution in [2.75, 3.05) is 12.4 Å². The van der Waals surface area contributed by atoms with Crippen molar-refractivity contribution >= 4 is 11.4 Å². The summed E-state index contributed by atoms with van der Waals surface area (Å²) in [5.74, 6) is 0.635. The summed E-state index contributed by atoms with van der Waals surface area (Å²) in [6, 6.07) is 4.88. The van der Waals surface area contributed by atoms with Crippen LogP contribution in [-0.4, -0.2) is 18.1 Å². The second-order valence-corrected chi connectivity index (χ2v) is 5.04. The minimum absolute atomic E-state index is 0.0754. The van der Waals surface area contributed by atoms with Gasteiger partial charge in [0.1, 0.15) is 5.75 Å². The Morgan fingerprint density at radius 3 is 2.70 bits per heavy atom. The number of anilines is 1. The van der Waals surface area contributed by atoms with Gasteiger partial charge >= 0.3 is 0 Å². The molecule has 1 aromatic rings. The van der Waals surface area contributed by atoms with Gasteiger partial charge in [-0.25, -0.2) is 0 Å². The molecule has 5 nitrogen and oxygen atoms in total. The van der Waals surface area contributed by atoms with E-state index < -0.39 is 4.92 Å². The van der Waals surface area contributed by atoms with E-state index in [2.05, 4.69) is 19.2 Å². The Balaban J connectivity index is 2.64. The summed E-state index contributed by atoms with van der Waals surface area (Å²) in [6.07, 6.45) is 5.92. The molecular formula is C15H24N2O3. The highest BCUT2D eigenvalue weighted by Crippen LogP contribution is 2.29. The molecule has 1 aromatic carbocycles. The third-order valence-electron chi connectivity index (χ3n) is 3.29. The highest BCUT2D eigenvalue weighted by Gasteiger charge is 2.13. The summed E-state index contributed by atoms with van der Waals surface area (Å²) < 4.78 is 5.24. The van der Waals surface area contributed by atoms with Crippen LogP contribution in [0.3, 0.4) is 0 Å². The van der Waals surface area contributed by atoms with Gasteiger partial charge in [-0.1, -0.05) is 32.6 Å². The molecule has 0 saturated carbocycles. The molecule has 0 bridgehead atoms. The summed E-state index contributed by atoms with van der Waals surface area (Å²) in [6.45, 7) is 4.28. The van der Waals surface area contributed by atoms with E-state index in [0.29, 0.717) is 11.4 Å². The van der Waals surface area contributed by atoms with E-state index >= 15 is 0 Å². The fourth-order valence-corrected chi connectivity index (χ4v) is 2.14. The van der Waals surface area contributed by atoms with Crippen LogP contribution in [0.2, 0.25) is 0 Å².